The Balaban J connectivity index is 1.78. The summed E-state index contributed by atoms with van der Waals surface area (Å²) in [5.41, 5.74) is 2.15. The number of aryl methyl sites for hydroxylation is 1. The van der Waals surface area contributed by atoms with Crippen LogP contribution in [0.15, 0.2) is 42.5 Å². The van der Waals surface area contributed by atoms with Gasteiger partial charge in [0.25, 0.3) is 0 Å². The molecule has 164 valence electrons. The van der Waals surface area contributed by atoms with Crippen molar-refractivity contribution in [3.8, 4) is 11.5 Å². The summed E-state index contributed by atoms with van der Waals surface area (Å²) in [5.74, 6) is 0.426. The number of ketones is 1. The van der Waals surface area contributed by atoms with E-state index in [-0.39, 0.29) is 11.5 Å². The maximum atomic E-state index is 12.7. The first-order valence-electron chi connectivity index (χ1n) is 11.7. The summed E-state index contributed by atoms with van der Waals surface area (Å²) in [5, 5.41) is 10.3. The van der Waals surface area contributed by atoms with Crippen molar-refractivity contribution < 1.29 is 14.6 Å². The first kappa shape index (κ1) is 24.0. The number of phenols is 1. The molecular weight excluding hydrogens is 372 g/mol. The normalized spacial score (nSPS) is 10.9. The van der Waals surface area contributed by atoms with Crippen LogP contribution in [-0.4, -0.2) is 17.5 Å². The number of carbonyl (C=O) groups excluding carboxylic acids is 1. The van der Waals surface area contributed by atoms with E-state index in [9.17, 15) is 9.90 Å². The van der Waals surface area contributed by atoms with Gasteiger partial charge in [-0.25, -0.2) is 0 Å². The molecule has 0 saturated heterocycles. The molecule has 0 amide bonds. The van der Waals surface area contributed by atoms with Gasteiger partial charge in [-0.05, 0) is 37.0 Å². The lowest BCUT2D eigenvalue weighted by Crippen LogP contribution is -2.03. The lowest BCUT2D eigenvalue weighted by molar-refractivity contribution is 0.103. The molecular formula is C27H38O3. The van der Waals surface area contributed by atoms with Gasteiger partial charge in [-0.1, -0.05) is 89.5 Å². The fourth-order valence-electron chi connectivity index (χ4n) is 3.58. The van der Waals surface area contributed by atoms with Gasteiger partial charge in [-0.2, -0.15) is 0 Å². The van der Waals surface area contributed by atoms with Crippen LogP contribution in [0.25, 0.3) is 0 Å². The van der Waals surface area contributed by atoms with E-state index < -0.39 is 0 Å². The Morgan fingerprint density at radius 1 is 0.800 bits per heavy atom. The topological polar surface area (TPSA) is 46.5 Å². The average Bonchev–Trinajstić information content (AvgIpc) is 2.76. The number of hydrogen-bond donors (Lipinski definition) is 1. The van der Waals surface area contributed by atoms with Crippen LogP contribution in [0.2, 0.25) is 0 Å². The molecule has 0 saturated carbocycles. The molecule has 0 bridgehead atoms. The number of benzene rings is 2. The van der Waals surface area contributed by atoms with Gasteiger partial charge in [0.15, 0.2) is 5.78 Å². The summed E-state index contributed by atoms with van der Waals surface area (Å²) in [4.78, 5) is 12.7. The minimum absolute atomic E-state index is 0.0246. The largest absolute Gasteiger partial charge is 0.507 e. The fraction of sp³-hybridized carbons (Fsp3) is 0.519. The van der Waals surface area contributed by atoms with Gasteiger partial charge in [0.1, 0.15) is 11.5 Å². The number of hydrogen-bond acceptors (Lipinski definition) is 3. The number of rotatable bonds is 15. The zero-order valence-corrected chi connectivity index (χ0v) is 18.8. The van der Waals surface area contributed by atoms with Crippen molar-refractivity contribution >= 4 is 5.78 Å². The van der Waals surface area contributed by atoms with Crippen molar-refractivity contribution in [2.75, 3.05) is 6.61 Å². The molecule has 0 spiro atoms. The smallest absolute Gasteiger partial charge is 0.196 e. The van der Waals surface area contributed by atoms with E-state index in [0.717, 1.165) is 25.7 Å². The molecule has 3 nitrogen and oxygen atoms in total. The Morgan fingerprint density at radius 3 is 2.07 bits per heavy atom. The molecule has 0 aliphatic carbocycles. The van der Waals surface area contributed by atoms with E-state index >= 15 is 0 Å². The van der Waals surface area contributed by atoms with Crippen molar-refractivity contribution in [2.45, 2.75) is 84.5 Å². The minimum Gasteiger partial charge on any atom is -0.507 e. The lowest BCUT2D eigenvalue weighted by Gasteiger charge is -2.09. The van der Waals surface area contributed by atoms with Gasteiger partial charge in [0.05, 0.1) is 12.2 Å². The SMILES string of the molecule is CCCCCCCCCCOc1ccc(C(=O)c2ccc(CCCC)cc2)c(O)c1. The Labute approximate surface area is 182 Å². The Morgan fingerprint density at radius 2 is 1.43 bits per heavy atom. The van der Waals surface area contributed by atoms with Gasteiger partial charge < -0.3 is 9.84 Å². The maximum absolute atomic E-state index is 12.7. The van der Waals surface area contributed by atoms with Crippen LogP contribution in [0.3, 0.4) is 0 Å². The summed E-state index contributed by atoms with van der Waals surface area (Å²) in [6.45, 7) is 5.05. The Hall–Kier alpha value is -2.29. The van der Waals surface area contributed by atoms with Crippen molar-refractivity contribution in [1.82, 2.24) is 0 Å². The molecule has 1 N–H and O–H groups in total. The second-order valence-corrected chi connectivity index (χ2v) is 8.13. The summed E-state index contributed by atoms with van der Waals surface area (Å²) < 4.78 is 5.75. The predicted molar refractivity (Wildman–Crippen MR) is 125 cm³/mol. The molecule has 2 aromatic carbocycles. The van der Waals surface area contributed by atoms with E-state index in [0.29, 0.717) is 23.5 Å². The van der Waals surface area contributed by atoms with Gasteiger partial charge >= 0.3 is 0 Å². The van der Waals surface area contributed by atoms with Gasteiger partial charge in [-0.15, -0.1) is 0 Å². The number of phenolic OH excluding ortho intramolecular Hbond substituents is 1. The molecule has 0 aromatic heterocycles. The number of unbranched alkanes of at least 4 members (excludes halogenated alkanes) is 8. The number of carbonyl (C=O) groups is 1. The number of ether oxygens (including phenoxy) is 1. The molecule has 2 rings (SSSR count). The zero-order valence-electron chi connectivity index (χ0n) is 18.8. The Bertz CT molecular complexity index is 749. The van der Waals surface area contributed by atoms with Crippen LogP contribution in [-0.2, 0) is 6.42 Å². The quantitative estimate of drug-likeness (QED) is 0.244. The molecule has 3 heteroatoms. The second-order valence-electron chi connectivity index (χ2n) is 8.13. The highest BCUT2D eigenvalue weighted by Gasteiger charge is 2.14. The molecule has 0 aliphatic rings. The standard InChI is InChI=1S/C27H38O3/c1-3-5-7-8-9-10-11-12-20-30-24-18-19-25(26(28)21-24)27(29)23-16-14-22(15-17-23)13-6-4-2/h14-19,21,28H,3-13,20H2,1-2H3. The van der Waals surface area contributed by atoms with Crippen LogP contribution < -0.4 is 4.74 Å². The van der Waals surface area contributed by atoms with Gasteiger partial charge in [-0.3, -0.25) is 4.79 Å². The van der Waals surface area contributed by atoms with Crippen LogP contribution in [0.1, 0.15) is 99.5 Å². The number of aromatic hydroxyl groups is 1. The minimum atomic E-state index is -0.163. The molecule has 0 heterocycles. The fourth-order valence-corrected chi connectivity index (χ4v) is 3.58. The van der Waals surface area contributed by atoms with Crippen LogP contribution in [0, 0.1) is 0 Å². The van der Waals surface area contributed by atoms with Crippen LogP contribution in [0.5, 0.6) is 11.5 Å². The van der Waals surface area contributed by atoms with E-state index in [4.69, 9.17) is 4.74 Å². The summed E-state index contributed by atoms with van der Waals surface area (Å²) in [7, 11) is 0. The molecule has 0 radical (unpaired) electrons. The monoisotopic (exact) mass is 410 g/mol. The van der Waals surface area contributed by atoms with Gasteiger partial charge in [0.2, 0.25) is 0 Å². The molecule has 30 heavy (non-hydrogen) atoms. The lowest BCUT2D eigenvalue weighted by atomic mass is 9.99. The summed E-state index contributed by atoms with van der Waals surface area (Å²) in [6, 6.07) is 12.7. The van der Waals surface area contributed by atoms with E-state index in [1.807, 2.05) is 24.3 Å². The summed E-state index contributed by atoms with van der Waals surface area (Å²) >= 11 is 0. The van der Waals surface area contributed by atoms with Crippen molar-refractivity contribution in [2.24, 2.45) is 0 Å². The zero-order chi connectivity index (χ0) is 21.6. The molecule has 0 aliphatic heterocycles. The predicted octanol–water partition coefficient (Wildman–Crippen LogP) is 7.49. The maximum Gasteiger partial charge on any atom is 0.196 e. The third-order valence-electron chi connectivity index (χ3n) is 5.52. The summed E-state index contributed by atoms with van der Waals surface area (Å²) in [6.07, 6.45) is 13.4. The van der Waals surface area contributed by atoms with Crippen molar-refractivity contribution in [3.63, 3.8) is 0 Å². The van der Waals surface area contributed by atoms with Crippen molar-refractivity contribution in [1.29, 1.82) is 0 Å². The van der Waals surface area contributed by atoms with E-state index in [1.54, 1.807) is 18.2 Å². The highest BCUT2D eigenvalue weighted by molar-refractivity contribution is 6.10. The Kier molecular flexibility index (Phi) is 11.1. The first-order valence-corrected chi connectivity index (χ1v) is 11.7. The molecule has 2 aromatic rings. The third kappa shape index (κ3) is 8.22. The highest BCUT2D eigenvalue weighted by Crippen LogP contribution is 2.26. The second kappa shape index (κ2) is 13.8. The molecule has 0 unspecified atom stereocenters. The highest BCUT2D eigenvalue weighted by atomic mass is 16.5. The first-order chi connectivity index (χ1) is 14.7. The molecule has 0 atom stereocenters. The average molecular weight is 411 g/mol. The van der Waals surface area contributed by atoms with Crippen LogP contribution in [0.4, 0.5) is 0 Å². The molecule has 0 fully saturated rings. The van der Waals surface area contributed by atoms with Crippen molar-refractivity contribution in [3.05, 3.63) is 59.2 Å². The van der Waals surface area contributed by atoms with E-state index in [2.05, 4.69) is 13.8 Å². The third-order valence-corrected chi connectivity index (χ3v) is 5.52. The van der Waals surface area contributed by atoms with Gasteiger partial charge in [0, 0.05) is 11.6 Å². The van der Waals surface area contributed by atoms with Crippen LogP contribution >= 0.6 is 0 Å². The van der Waals surface area contributed by atoms with E-state index in [1.165, 1.54) is 50.5 Å².